The van der Waals surface area contributed by atoms with Crippen LogP contribution in [0.1, 0.15) is 40.0 Å². The Morgan fingerprint density at radius 2 is 2.00 bits per heavy atom. The highest BCUT2D eigenvalue weighted by Crippen LogP contribution is 2.19. The molecule has 0 aliphatic carbocycles. The smallest absolute Gasteiger partial charge is 0.234 e. The van der Waals surface area contributed by atoms with Gasteiger partial charge in [0, 0.05) is 38.1 Å². The maximum Gasteiger partial charge on any atom is 0.234 e. The Balaban J connectivity index is 2.22. The van der Waals surface area contributed by atoms with E-state index >= 15 is 0 Å². The van der Waals surface area contributed by atoms with Crippen molar-refractivity contribution in [1.29, 1.82) is 0 Å². The quantitative estimate of drug-likeness (QED) is 0.646. The van der Waals surface area contributed by atoms with Gasteiger partial charge >= 0.3 is 0 Å². The molecule has 5 nitrogen and oxygen atoms in total. The number of ether oxygens (including phenoxy) is 1. The summed E-state index contributed by atoms with van der Waals surface area (Å²) in [6.45, 7) is 7.90. The van der Waals surface area contributed by atoms with Gasteiger partial charge in [0.2, 0.25) is 5.91 Å². The largest absolute Gasteiger partial charge is 0.388 e. The average Bonchev–Trinajstić information content (AvgIpc) is 2.29. The number of rotatable bonds is 6. The molecule has 1 rings (SSSR count). The minimum Gasteiger partial charge on any atom is -0.388 e. The standard InChI is InChI=1S/C13H26N2O3/c1-4-12(2,3)15-11(16)9-14-10-13(17)5-7-18-8-6-13/h14,17H,4-10H2,1-3H3,(H,15,16). The van der Waals surface area contributed by atoms with E-state index in [2.05, 4.69) is 10.6 Å². The van der Waals surface area contributed by atoms with E-state index in [1.54, 1.807) is 0 Å². The van der Waals surface area contributed by atoms with Gasteiger partial charge in [0.05, 0.1) is 12.1 Å². The molecule has 3 N–H and O–H groups in total. The van der Waals surface area contributed by atoms with Crippen LogP contribution in [-0.4, -0.2) is 48.5 Å². The van der Waals surface area contributed by atoms with E-state index in [1.165, 1.54) is 0 Å². The van der Waals surface area contributed by atoms with Gasteiger partial charge in [0.1, 0.15) is 0 Å². The molecule has 18 heavy (non-hydrogen) atoms. The van der Waals surface area contributed by atoms with Gasteiger partial charge in [0.25, 0.3) is 0 Å². The maximum atomic E-state index is 11.7. The van der Waals surface area contributed by atoms with E-state index in [0.29, 0.717) is 32.6 Å². The summed E-state index contributed by atoms with van der Waals surface area (Å²) in [5, 5.41) is 16.2. The minimum absolute atomic E-state index is 0.0301. The molecule has 0 spiro atoms. The van der Waals surface area contributed by atoms with Gasteiger partial charge in [-0.1, -0.05) is 6.92 Å². The lowest BCUT2D eigenvalue weighted by Crippen LogP contribution is -2.50. The second-order valence-electron chi connectivity index (χ2n) is 5.73. The highest BCUT2D eigenvalue weighted by molar-refractivity contribution is 5.78. The third kappa shape index (κ3) is 5.33. The molecule has 1 aliphatic heterocycles. The van der Waals surface area contributed by atoms with Gasteiger partial charge in [-0.25, -0.2) is 0 Å². The number of aliphatic hydroxyl groups is 1. The molecular weight excluding hydrogens is 232 g/mol. The molecule has 1 aliphatic rings. The van der Waals surface area contributed by atoms with Gasteiger partial charge in [-0.2, -0.15) is 0 Å². The van der Waals surface area contributed by atoms with Crippen LogP contribution in [0.5, 0.6) is 0 Å². The highest BCUT2D eigenvalue weighted by atomic mass is 16.5. The number of carbonyl (C=O) groups excluding carboxylic acids is 1. The van der Waals surface area contributed by atoms with Crippen molar-refractivity contribution in [2.24, 2.45) is 0 Å². The number of hydrogen-bond donors (Lipinski definition) is 3. The molecule has 1 fully saturated rings. The summed E-state index contributed by atoms with van der Waals surface area (Å²) in [5.41, 5.74) is -0.896. The zero-order chi connectivity index (χ0) is 13.6. The molecule has 0 aromatic carbocycles. The average molecular weight is 258 g/mol. The van der Waals surface area contributed by atoms with E-state index in [9.17, 15) is 9.90 Å². The van der Waals surface area contributed by atoms with Crippen LogP contribution in [-0.2, 0) is 9.53 Å². The first-order chi connectivity index (χ1) is 8.37. The SMILES string of the molecule is CCC(C)(C)NC(=O)CNCC1(O)CCOCC1. The van der Waals surface area contributed by atoms with Crippen molar-refractivity contribution >= 4 is 5.91 Å². The summed E-state index contributed by atoms with van der Waals surface area (Å²) in [6.07, 6.45) is 2.14. The Bertz CT molecular complexity index is 273. The molecule has 1 saturated heterocycles. The first-order valence-electron chi connectivity index (χ1n) is 6.69. The third-order valence-electron chi connectivity index (χ3n) is 3.52. The summed E-state index contributed by atoms with van der Waals surface area (Å²) < 4.78 is 5.21. The molecule has 5 heteroatoms. The lowest BCUT2D eigenvalue weighted by molar-refractivity contribution is -0.122. The van der Waals surface area contributed by atoms with Crippen molar-refractivity contribution < 1.29 is 14.6 Å². The zero-order valence-electron chi connectivity index (χ0n) is 11.7. The van der Waals surface area contributed by atoms with E-state index in [4.69, 9.17) is 4.74 Å². The van der Waals surface area contributed by atoms with Crippen LogP contribution in [0, 0.1) is 0 Å². The van der Waals surface area contributed by atoms with Crippen LogP contribution in [0.15, 0.2) is 0 Å². The summed E-state index contributed by atoms with van der Waals surface area (Å²) in [4.78, 5) is 11.7. The van der Waals surface area contributed by atoms with Crippen molar-refractivity contribution in [2.75, 3.05) is 26.3 Å². The second kappa shape index (κ2) is 6.50. The third-order valence-corrected chi connectivity index (χ3v) is 3.52. The van der Waals surface area contributed by atoms with E-state index in [-0.39, 0.29) is 18.0 Å². The zero-order valence-corrected chi connectivity index (χ0v) is 11.7. The predicted molar refractivity (Wildman–Crippen MR) is 70.4 cm³/mol. The lowest BCUT2D eigenvalue weighted by Gasteiger charge is -2.32. The van der Waals surface area contributed by atoms with Crippen molar-refractivity contribution in [3.05, 3.63) is 0 Å². The Kier molecular flexibility index (Phi) is 5.56. The van der Waals surface area contributed by atoms with Gasteiger partial charge in [-0.15, -0.1) is 0 Å². The van der Waals surface area contributed by atoms with Gasteiger partial charge in [0.15, 0.2) is 0 Å². The molecule has 0 saturated carbocycles. The van der Waals surface area contributed by atoms with Gasteiger partial charge in [-0.3, -0.25) is 4.79 Å². The summed E-state index contributed by atoms with van der Waals surface area (Å²) >= 11 is 0. The Labute approximate surface area is 109 Å². The number of nitrogens with one attached hydrogen (secondary N) is 2. The van der Waals surface area contributed by atoms with Gasteiger partial charge < -0.3 is 20.5 Å². The fourth-order valence-corrected chi connectivity index (χ4v) is 1.85. The number of carbonyl (C=O) groups is 1. The summed E-state index contributed by atoms with van der Waals surface area (Å²) in [6, 6.07) is 0. The molecular formula is C13H26N2O3. The normalized spacial score (nSPS) is 19.6. The first kappa shape index (κ1) is 15.4. The molecule has 1 amide bonds. The van der Waals surface area contributed by atoms with Crippen molar-refractivity contribution in [3.63, 3.8) is 0 Å². The molecule has 106 valence electrons. The predicted octanol–water partition coefficient (Wildman–Crippen LogP) is 0.422. The van der Waals surface area contributed by atoms with Crippen LogP contribution < -0.4 is 10.6 Å². The van der Waals surface area contributed by atoms with E-state index < -0.39 is 5.60 Å². The second-order valence-corrected chi connectivity index (χ2v) is 5.73. The van der Waals surface area contributed by atoms with Crippen molar-refractivity contribution in [1.82, 2.24) is 10.6 Å². The van der Waals surface area contributed by atoms with Crippen LogP contribution in [0.2, 0.25) is 0 Å². The fraction of sp³-hybridized carbons (Fsp3) is 0.923. The number of amides is 1. The lowest BCUT2D eigenvalue weighted by atomic mass is 9.94. The van der Waals surface area contributed by atoms with Gasteiger partial charge in [-0.05, 0) is 20.3 Å². The first-order valence-corrected chi connectivity index (χ1v) is 6.69. The topological polar surface area (TPSA) is 70.6 Å². The maximum absolute atomic E-state index is 11.7. The van der Waals surface area contributed by atoms with Crippen LogP contribution >= 0.6 is 0 Å². The highest BCUT2D eigenvalue weighted by Gasteiger charge is 2.29. The van der Waals surface area contributed by atoms with Crippen LogP contribution in [0.25, 0.3) is 0 Å². The Morgan fingerprint density at radius 1 is 1.39 bits per heavy atom. The molecule has 0 aromatic heterocycles. The molecule has 0 bridgehead atoms. The van der Waals surface area contributed by atoms with Crippen molar-refractivity contribution in [3.8, 4) is 0 Å². The van der Waals surface area contributed by atoms with E-state index in [0.717, 1.165) is 6.42 Å². The summed E-state index contributed by atoms with van der Waals surface area (Å²) in [7, 11) is 0. The molecule has 0 radical (unpaired) electrons. The molecule has 0 atom stereocenters. The monoisotopic (exact) mass is 258 g/mol. The molecule has 0 aromatic rings. The van der Waals surface area contributed by atoms with E-state index in [1.807, 2.05) is 20.8 Å². The minimum atomic E-state index is -0.723. The van der Waals surface area contributed by atoms with Crippen LogP contribution in [0.4, 0.5) is 0 Å². The Hall–Kier alpha value is -0.650. The molecule has 1 heterocycles. The number of hydrogen-bond acceptors (Lipinski definition) is 4. The Morgan fingerprint density at radius 3 is 2.56 bits per heavy atom. The molecule has 0 unspecified atom stereocenters. The van der Waals surface area contributed by atoms with Crippen LogP contribution in [0.3, 0.4) is 0 Å². The summed E-state index contributed by atoms with van der Waals surface area (Å²) in [5.74, 6) is -0.0301. The van der Waals surface area contributed by atoms with Crippen molar-refractivity contribution in [2.45, 2.75) is 51.2 Å². The fourth-order valence-electron chi connectivity index (χ4n) is 1.85.